The average molecular weight is 559 g/mol. The average Bonchev–Trinajstić information content (AvgIpc) is 3.31. The minimum absolute atomic E-state index is 0.0794. The zero-order valence-corrected chi connectivity index (χ0v) is 22.7. The Morgan fingerprint density at radius 1 is 1.00 bits per heavy atom. The lowest BCUT2D eigenvalue weighted by atomic mass is 10.2. The second kappa shape index (κ2) is 11.4. The van der Waals surface area contributed by atoms with E-state index in [4.69, 9.17) is 11.6 Å². The monoisotopic (exact) mass is 558 g/mol. The molecular weight excluding hydrogens is 536 g/mol. The predicted octanol–water partition coefficient (Wildman–Crippen LogP) is 5.93. The van der Waals surface area contributed by atoms with E-state index in [0.717, 1.165) is 21.2 Å². The molecular formula is C25H23ClN4O3S3. The molecule has 0 fully saturated rings. The molecule has 4 aromatic rings. The normalized spacial score (nSPS) is 11.3. The zero-order chi connectivity index (χ0) is 25.7. The Morgan fingerprint density at radius 2 is 1.72 bits per heavy atom. The van der Waals surface area contributed by atoms with Crippen LogP contribution < -0.4 is 9.62 Å². The number of amides is 1. The lowest BCUT2D eigenvalue weighted by Crippen LogP contribution is -2.38. The topological polar surface area (TPSA) is 92.3 Å². The van der Waals surface area contributed by atoms with Crippen molar-refractivity contribution >= 4 is 61.4 Å². The number of aromatic nitrogens is 2. The quantitative estimate of drug-likeness (QED) is 0.202. The molecule has 1 N–H and O–H groups in total. The van der Waals surface area contributed by atoms with E-state index in [1.54, 1.807) is 37.3 Å². The maximum atomic E-state index is 13.6. The number of hydrogen-bond donors (Lipinski definition) is 1. The Hall–Kier alpha value is -2.92. The standard InChI is InChI=1S/C25H23ClN4O3S3/c1-17-11-13-20(14-12-17)36(32,33)30(22-10-6-9-21(26)18(22)2)15-23(31)27-24-28-29-25(35-24)34-16-19-7-4-3-5-8-19/h3-14H,15-16H2,1-2H3,(H,27,28,31). The maximum Gasteiger partial charge on any atom is 0.264 e. The van der Waals surface area contributed by atoms with Gasteiger partial charge >= 0.3 is 0 Å². The number of hydrogen-bond acceptors (Lipinski definition) is 7. The van der Waals surface area contributed by atoms with Crippen LogP contribution in [0.3, 0.4) is 0 Å². The van der Waals surface area contributed by atoms with Gasteiger partial charge in [-0.1, -0.05) is 88.8 Å². The number of sulfonamides is 1. The van der Waals surface area contributed by atoms with Gasteiger partial charge in [-0.25, -0.2) is 8.42 Å². The van der Waals surface area contributed by atoms with Gasteiger partial charge in [-0.3, -0.25) is 14.4 Å². The van der Waals surface area contributed by atoms with Gasteiger partial charge in [0.25, 0.3) is 10.0 Å². The summed E-state index contributed by atoms with van der Waals surface area (Å²) in [4.78, 5) is 13.1. The number of thioether (sulfide) groups is 1. The summed E-state index contributed by atoms with van der Waals surface area (Å²) in [5.74, 6) is 0.181. The van der Waals surface area contributed by atoms with Crippen LogP contribution in [-0.2, 0) is 20.6 Å². The molecule has 7 nitrogen and oxygen atoms in total. The number of carbonyl (C=O) groups is 1. The largest absolute Gasteiger partial charge is 0.299 e. The molecule has 0 radical (unpaired) electrons. The molecule has 0 aliphatic carbocycles. The number of rotatable bonds is 9. The molecule has 3 aromatic carbocycles. The minimum Gasteiger partial charge on any atom is -0.299 e. The van der Waals surface area contributed by atoms with Crippen LogP contribution in [0, 0.1) is 13.8 Å². The summed E-state index contributed by atoms with van der Waals surface area (Å²) in [7, 11) is -4.05. The third-order valence-electron chi connectivity index (χ3n) is 5.26. The van der Waals surface area contributed by atoms with Crippen LogP contribution in [0.2, 0.25) is 5.02 Å². The molecule has 11 heteroatoms. The Morgan fingerprint density at radius 3 is 2.44 bits per heavy atom. The first kappa shape index (κ1) is 26.2. The minimum atomic E-state index is -4.05. The molecule has 0 atom stereocenters. The van der Waals surface area contributed by atoms with Crippen LogP contribution in [0.1, 0.15) is 16.7 Å². The van der Waals surface area contributed by atoms with Crippen molar-refractivity contribution in [3.8, 4) is 0 Å². The van der Waals surface area contributed by atoms with Gasteiger partial charge in [0, 0.05) is 10.8 Å². The predicted molar refractivity (Wildman–Crippen MR) is 146 cm³/mol. The number of halogens is 1. The fraction of sp³-hybridized carbons (Fsp3) is 0.160. The van der Waals surface area contributed by atoms with Crippen molar-refractivity contribution in [3.05, 3.63) is 94.5 Å². The van der Waals surface area contributed by atoms with Crippen LogP contribution in [-0.4, -0.2) is 31.1 Å². The third-order valence-corrected chi connectivity index (χ3v) is 9.49. The lowest BCUT2D eigenvalue weighted by Gasteiger charge is -2.25. The van der Waals surface area contributed by atoms with Gasteiger partial charge in [0.15, 0.2) is 4.34 Å². The number of anilines is 2. The van der Waals surface area contributed by atoms with Crippen molar-refractivity contribution < 1.29 is 13.2 Å². The molecule has 186 valence electrons. The summed E-state index contributed by atoms with van der Waals surface area (Å²) >= 11 is 9.02. The van der Waals surface area contributed by atoms with E-state index in [9.17, 15) is 13.2 Å². The van der Waals surface area contributed by atoms with Crippen molar-refractivity contribution in [2.24, 2.45) is 0 Å². The van der Waals surface area contributed by atoms with Crippen LogP contribution in [0.5, 0.6) is 0 Å². The van der Waals surface area contributed by atoms with E-state index in [2.05, 4.69) is 15.5 Å². The Labute approximate surface area is 223 Å². The van der Waals surface area contributed by atoms with Gasteiger partial charge < -0.3 is 0 Å². The number of nitrogens with one attached hydrogen (secondary N) is 1. The first-order valence-electron chi connectivity index (χ1n) is 10.9. The molecule has 0 spiro atoms. The maximum absolute atomic E-state index is 13.6. The first-order valence-corrected chi connectivity index (χ1v) is 14.5. The molecule has 4 rings (SSSR count). The number of nitrogens with zero attached hydrogens (tertiary/aromatic N) is 3. The van der Waals surface area contributed by atoms with Crippen molar-refractivity contribution in [2.45, 2.75) is 28.8 Å². The van der Waals surface area contributed by atoms with E-state index in [1.807, 2.05) is 37.3 Å². The van der Waals surface area contributed by atoms with E-state index in [1.165, 1.54) is 35.2 Å². The van der Waals surface area contributed by atoms with Gasteiger partial charge in [0.1, 0.15) is 6.54 Å². The number of carbonyl (C=O) groups excluding carboxylic acids is 1. The Kier molecular flexibility index (Phi) is 8.30. The second-order valence-electron chi connectivity index (χ2n) is 7.90. The van der Waals surface area contributed by atoms with Crippen LogP contribution in [0.15, 0.2) is 82.0 Å². The highest BCUT2D eigenvalue weighted by Crippen LogP contribution is 2.32. The summed E-state index contributed by atoms with van der Waals surface area (Å²) in [6.45, 7) is 3.13. The van der Waals surface area contributed by atoms with E-state index in [-0.39, 0.29) is 4.90 Å². The molecule has 0 unspecified atom stereocenters. The lowest BCUT2D eigenvalue weighted by molar-refractivity contribution is -0.114. The molecule has 1 amide bonds. The number of benzene rings is 3. The van der Waals surface area contributed by atoms with Gasteiger partial charge in [0.2, 0.25) is 11.0 Å². The Balaban J connectivity index is 1.53. The Bertz CT molecular complexity index is 1460. The first-order chi connectivity index (χ1) is 17.2. The summed E-state index contributed by atoms with van der Waals surface area (Å²) < 4.78 is 29.0. The summed E-state index contributed by atoms with van der Waals surface area (Å²) in [5.41, 5.74) is 2.96. The van der Waals surface area contributed by atoms with Crippen molar-refractivity contribution in [1.29, 1.82) is 0 Å². The molecule has 1 heterocycles. The van der Waals surface area contributed by atoms with Crippen LogP contribution in [0.4, 0.5) is 10.8 Å². The fourth-order valence-electron chi connectivity index (χ4n) is 3.33. The highest BCUT2D eigenvalue weighted by atomic mass is 35.5. The second-order valence-corrected chi connectivity index (χ2v) is 12.4. The van der Waals surface area contributed by atoms with E-state index < -0.39 is 22.5 Å². The van der Waals surface area contributed by atoms with Gasteiger partial charge in [-0.2, -0.15) is 0 Å². The SMILES string of the molecule is Cc1ccc(S(=O)(=O)N(CC(=O)Nc2nnc(SCc3ccccc3)s2)c2cccc(Cl)c2C)cc1. The molecule has 0 bridgehead atoms. The molecule has 1 aromatic heterocycles. The highest BCUT2D eigenvalue weighted by molar-refractivity contribution is 8.00. The van der Waals surface area contributed by atoms with Gasteiger partial charge in [-0.05, 0) is 49.2 Å². The fourth-order valence-corrected chi connectivity index (χ4v) is 6.70. The van der Waals surface area contributed by atoms with E-state index in [0.29, 0.717) is 25.7 Å². The third kappa shape index (κ3) is 6.25. The summed E-state index contributed by atoms with van der Waals surface area (Å²) in [6.07, 6.45) is 0. The zero-order valence-electron chi connectivity index (χ0n) is 19.5. The van der Waals surface area contributed by atoms with Crippen molar-refractivity contribution in [3.63, 3.8) is 0 Å². The van der Waals surface area contributed by atoms with Crippen LogP contribution in [0.25, 0.3) is 0 Å². The highest BCUT2D eigenvalue weighted by Gasteiger charge is 2.29. The van der Waals surface area contributed by atoms with Crippen LogP contribution >= 0.6 is 34.7 Å². The summed E-state index contributed by atoms with van der Waals surface area (Å²) in [6, 6.07) is 21.4. The summed E-state index contributed by atoms with van der Waals surface area (Å²) in [5, 5.41) is 11.5. The van der Waals surface area contributed by atoms with Crippen molar-refractivity contribution in [1.82, 2.24) is 10.2 Å². The number of aryl methyl sites for hydroxylation is 1. The van der Waals surface area contributed by atoms with Gasteiger partial charge in [-0.15, -0.1) is 10.2 Å². The van der Waals surface area contributed by atoms with Crippen molar-refractivity contribution in [2.75, 3.05) is 16.2 Å². The smallest absolute Gasteiger partial charge is 0.264 e. The molecule has 0 aliphatic heterocycles. The molecule has 0 saturated carbocycles. The van der Waals surface area contributed by atoms with Gasteiger partial charge in [0.05, 0.1) is 10.6 Å². The molecule has 0 aliphatic rings. The molecule has 0 saturated heterocycles. The molecule has 36 heavy (non-hydrogen) atoms. The van der Waals surface area contributed by atoms with E-state index >= 15 is 0 Å².